The van der Waals surface area contributed by atoms with Gasteiger partial charge in [-0.2, -0.15) is 0 Å². The van der Waals surface area contributed by atoms with Crippen molar-refractivity contribution in [3.63, 3.8) is 0 Å². The molecule has 1 atom stereocenters. The number of halogens is 1. The van der Waals surface area contributed by atoms with Crippen LogP contribution in [0, 0.1) is 5.92 Å². The highest BCUT2D eigenvalue weighted by atomic mass is 35.5. The number of carbonyl (C=O) groups excluding carboxylic acids is 1. The topological polar surface area (TPSA) is 83.6 Å². The molecule has 0 spiro atoms. The van der Waals surface area contributed by atoms with Gasteiger partial charge in [-0.15, -0.1) is 0 Å². The third-order valence-corrected chi connectivity index (χ3v) is 5.16. The van der Waals surface area contributed by atoms with Gasteiger partial charge in [0, 0.05) is 18.7 Å². The first kappa shape index (κ1) is 17.5. The number of aryl methyl sites for hydroxylation is 1. The number of anilines is 1. The average Bonchev–Trinajstić information content (AvgIpc) is 3.25. The van der Waals surface area contributed by atoms with Gasteiger partial charge in [0.1, 0.15) is 5.52 Å². The Morgan fingerprint density at radius 3 is 2.85 bits per heavy atom. The summed E-state index contributed by atoms with van der Waals surface area (Å²) in [7, 11) is 0. The molecule has 1 N–H and O–H groups in total. The number of hydrogen-bond donors (Lipinski definition) is 1. The van der Waals surface area contributed by atoms with Crippen LogP contribution in [0.5, 0.6) is 0 Å². The Hall–Kier alpha value is -2.86. The molecule has 0 radical (unpaired) electrons. The Bertz CT molecular complexity index is 1060. The van der Waals surface area contributed by atoms with E-state index in [1.54, 1.807) is 18.2 Å². The number of hydrogen-bond acceptors (Lipinski definition) is 4. The molecule has 4 rings (SSSR count). The third-order valence-electron chi connectivity index (χ3n) is 4.83. The summed E-state index contributed by atoms with van der Waals surface area (Å²) in [6.45, 7) is 2.21. The summed E-state index contributed by atoms with van der Waals surface area (Å²) < 4.78 is 5.85. The van der Waals surface area contributed by atoms with Gasteiger partial charge in [-0.25, -0.2) is 4.98 Å². The fraction of sp³-hybridized carbons (Fsp3) is 0.250. The van der Waals surface area contributed by atoms with Crippen LogP contribution in [-0.4, -0.2) is 28.5 Å². The normalized spacial score (nSPS) is 17.0. The summed E-state index contributed by atoms with van der Waals surface area (Å²) in [4.78, 5) is 29.4. The second-order valence-corrected chi connectivity index (χ2v) is 6.99. The molecular formula is C20H17ClN2O4. The number of nitrogens with zero attached hydrogens (tertiary/aromatic N) is 2. The van der Waals surface area contributed by atoms with Gasteiger partial charge in [-0.3, -0.25) is 9.59 Å². The lowest BCUT2D eigenvalue weighted by Crippen LogP contribution is -2.25. The number of oxazole rings is 1. The van der Waals surface area contributed by atoms with Crippen LogP contribution in [0.2, 0.25) is 5.02 Å². The van der Waals surface area contributed by atoms with E-state index in [9.17, 15) is 14.7 Å². The molecule has 138 valence electrons. The molecule has 1 aliphatic rings. The molecule has 7 heteroatoms. The summed E-state index contributed by atoms with van der Waals surface area (Å²) in [5.41, 5.74) is 3.71. The molecule has 1 amide bonds. The van der Waals surface area contributed by atoms with Crippen molar-refractivity contribution in [1.82, 2.24) is 4.98 Å². The molecule has 6 nitrogen and oxygen atoms in total. The van der Waals surface area contributed by atoms with E-state index in [-0.39, 0.29) is 18.9 Å². The Morgan fingerprint density at radius 2 is 2.15 bits per heavy atom. The Kier molecular flexibility index (Phi) is 4.36. The molecule has 1 aliphatic heterocycles. The number of carbonyl (C=O) groups is 2. The molecule has 1 unspecified atom stereocenters. The zero-order valence-electron chi connectivity index (χ0n) is 14.6. The van der Waals surface area contributed by atoms with Gasteiger partial charge in [0.15, 0.2) is 5.58 Å². The van der Waals surface area contributed by atoms with E-state index in [1.807, 2.05) is 18.2 Å². The van der Waals surface area contributed by atoms with E-state index in [4.69, 9.17) is 16.0 Å². The lowest BCUT2D eigenvalue weighted by molar-refractivity contribution is -0.141. The van der Waals surface area contributed by atoms with Gasteiger partial charge in [0.2, 0.25) is 11.8 Å². The summed E-state index contributed by atoms with van der Waals surface area (Å²) in [6, 6.07) is 10.9. The summed E-state index contributed by atoms with van der Waals surface area (Å²) in [5, 5.41) is 9.62. The van der Waals surface area contributed by atoms with E-state index in [1.165, 1.54) is 4.90 Å². The number of aliphatic carboxylic acids is 1. The first-order chi connectivity index (χ1) is 13.0. The quantitative estimate of drug-likeness (QED) is 0.730. The second-order valence-electron chi connectivity index (χ2n) is 6.58. The van der Waals surface area contributed by atoms with Crippen LogP contribution in [0.4, 0.5) is 5.69 Å². The fourth-order valence-corrected chi connectivity index (χ4v) is 3.47. The second kappa shape index (κ2) is 6.70. The summed E-state index contributed by atoms with van der Waals surface area (Å²) in [5.74, 6) is -1.52. The van der Waals surface area contributed by atoms with Crippen molar-refractivity contribution in [3.8, 4) is 11.5 Å². The molecule has 27 heavy (non-hydrogen) atoms. The number of aromatic nitrogens is 1. The lowest BCUT2D eigenvalue weighted by Gasteiger charge is -2.17. The van der Waals surface area contributed by atoms with Crippen molar-refractivity contribution in [2.75, 3.05) is 11.4 Å². The van der Waals surface area contributed by atoms with Gasteiger partial charge < -0.3 is 14.4 Å². The number of carboxylic acids is 1. The fourth-order valence-electron chi connectivity index (χ4n) is 3.28. The highest BCUT2D eigenvalue weighted by Gasteiger charge is 2.35. The highest BCUT2D eigenvalue weighted by Crippen LogP contribution is 2.35. The maximum Gasteiger partial charge on any atom is 0.308 e. The monoisotopic (exact) mass is 384 g/mol. The first-order valence-corrected chi connectivity index (χ1v) is 9.06. The number of carboxylic acid groups (broad SMARTS) is 1. The Labute approximate surface area is 160 Å². The zero-order valence-corrected chi connectivity index (χ0v) is 15.4. The smallest absolute Gasteiger partial charge is 0.308 e. The number of benzene rings is 2. The standard InChI is InChI=1S/C20H17ClN2O4/c1-2-11-3-6-17-16(7-11)22-19(27-17)14-9-13(4-5-15(14)21)23-10-12(20(25)26)8-18(23)24/h3-7,9,12H,2,8,10H2,1H3,(H,25,26). The number of rotatable bonds is 4. The minimum absolute atomic E-state index is 0.00399. The van der Waals surface area contributed by atoms with E-state index >= 15 is 0 Å². The van der Waals surface area contributed by atoms with Crippen LogP contribution < -0.4 is 4.90 Å². The zero-order chi connectivity index (χ0) is 19.1. The predicted molar refractivity (Wildman–Crippen MR) is 102 cm³/mol. The minimum atomic E-state index is -0.967. The Morgan fingerprint density at radius 1 is 1.33 bits per heavy atom. The van der Waals surface area contributed by atoms with Crippen LogP contribution in [0.15, 0.2) is 40.8 Å². The maximum atomic E-state index is 12.2. The number of amides is 1. The summed E-state index contributed by atoms with van der Waals surface area (Å²) >= 11 is 6.34. The van der Waals surface area contributed by atoms with Crippen LogP contribution in [0.1, 0.15) is 18.9 Å². The van der Waals surface area contributed by atoms with E-state index in [0.717, 1.165) is 17.5 Å². The predicted octanol–water partition coefficient (Wildman–Crippen LogP) is 4.15. The van der Waals surface area contributed by atoms with E-state index < -0.39 is 11.9 Å². The van der Waals surface area contributed by atoms with Gasteiger partial charge in [0.25, 0.3) is 0 Å². The van der Waals surface area contributed by atoms with Crippen molar-refractivity contribution in [2.45, 2.75) is 19.8 Å². The molecule has 1 saturated heterocycles. The average molecular weight is 385 g/mol. The molecular weight excluding hydrogens is 368 g/mol. The van der Waals surface area contributed by atoms with Crippen LogP contribution >= 0.6 is 11.6 Å². The van der Waals surface area contributed by atoms with Crippen molar-refractivity contribution >= 4 is 40.3 Å². The van der Waals surface area contributed by atoms with Crippen LogP contribution in [-0.2, 0) is 16.0 Å². The van der Waals surface area contributed by atoms with Crippen LogP contribution in [0.25, 0.3) is 22.6 Å². The van der Waals surface area contributed by atoms with Crippen molar-refractivity contribution in [1.29, 1.82) is 0 Å². The first-order valence-electron chi connectivity index (χ1n) is 8.69. The van der Waals surface area contributed by atoms with E-state index in [0.29, 0.717) is 27.7 Å². The van der Waals surface area contributed by atoms with Crippen molar-refractivity contribution < 1.29 is 19.1 Å². The minimum Gasteiger partial charge on any atom is -0.481 e. The molecule has 1 fully saturated rings. The van der Waals surface area contributed by atoms with E-state index in [2.05, 4.69) is 11.9 Å². The van der Waals surface area contributed by atoms with Gasteiger partial charge in [-0.05, 0) is 42.3 Å². The highest BCUT2D eigenvalue weighted by molar-refractivity contribution is 6.33. The SMILES string of the molecule is CCc1ccc2oc(-c3cc(N4CC(C(=O)O)CC4=O)ccc3Cl)nc2c1. The molecule has 1 aromatic heterocycles. The Balaban J connectivity index is 1.73. The number of fused-ring (bicyclic) bond motifs is 1. The van der Waals surface area contributed by atoms with Crippen molar-refractivity contribution in [3.05, 3.63) is 47.0 Å². The van der Waals surface area contributed by atoms with Gasteiger partial charge >= 0.3 is 5.97 Å². The molecule has 2 aromatic carbocycles. The summed E-state index contributed by atoms with van der Waals surface area (Å²) in [6.07, 6.45) is 0.895. The molecule has 2 heterocycles. The molecule has 0 aliphatic carbocycles. The van der Waals surface area contributed by atoms with Crippen molar-refractivity contribution in [2.24, 2.45) is 5.92 Å². The third kappa shape index (κ3) is 3.17. The molecule has 0 saturated carbocycles. The van der Waals surface area contributed by atoms with Crippen LogP contribution in [0.3, 0.4) is 0 Å². The van der Waals surface area contributed by atoms with Gasteiger partial charge in [0.05, 0.1) is 16.5 Å². The molecule has 3 aromatic rings. The van der Waals surface area contributed by atoms with Gasteiger partial charge in [-0.1, -0.05) is 24.6 Å². The maximum absolute atomic E-state index is 12.2. The largest absolute Gasteiger partial charge is 0.481 e. The lowest BCUT2D eigenvalue weighted by atomic mass is 10.1. The molecule has 0 bridgehead atoms.